The molecule has 1 unspecified atom stereocenters. The van der Waals surface area contributed by atoms with Crippen molar-refractivity contribution in [3.05, 3.63) is 23.4 Å². The van der Waals surface area contributed by atoms with Gasteiger partial charge in [0.1, 0.15) is 5.82 Å². The van der Waals surface area contributed by atoms with Crippen LogP contribution in [0.25, 0.3) is 0 Å². The van der Waals surface area contributed by atoms with E-state index in [1.54, 1.807) is 0 Å². The molecule has 0 spiro atoms. The molecule has 1 aliphatic rings. The maximum absolute atomic E-state index is 6.07. The summed E-state index contributed by atoms with van der Waals surface area (Å²) in [6.45, 7) is 4.50. The molecule has 1 aromatic rings. The highest BCUT2D eigenvalue weighted by molar-refractivity contribution is 5.34. The summed E-state index contributed by atoms with van der Waals surface area (Å²) in [6, 6.07) is 4.05. The van der Waals surface area contributed by atoms with Gasteiger partial charge >= 0.3 is 0 Å². The zero-order valence-electron chi connectivity index (χ0n) is 10.9. The van der Waals surface area contributed by atoms with E-state index in [0.29, 0.717) is 24.2 Å². The third kappa shape index (κ3) is 2.98. The highest BCUT2D eigenvalue weighted by atomic mass is 14.9. The van der Waals surface area contributed by atoms with Crippen molar-refractivity contribution in [3.8, 4) is 0 Å². The number of anilines is 1. The smallest absolute Gasteiger partial charge is 0.123 e. The van der Waals surface area contributed by atoms with E-state index in [1.165, 1.54) is 0 Å². The van der Waals surface area contributed by atoms with Gasteiger partial charge in [0.15, 0.2) is 0 Å². The van der Waals surface area contributed by atoms with E-state index in [-0.39, 0.29) is 6.04 Å². The lowest BCUT2D eigenvalue weighted by molar-refractivity contribution is 0.350. The maximum atomic E-state index is 6.07. The molecule has 0 bridgehead atoms. The number of hydrogen-bond acceptors (Lipinski definition) is 5. The molecule has 0 aliphatic carbocycles. The molecule has 1 aromatic heterocycles. The topological polar surface area (TPSA) is 103 Å². The predicted molar refractivity (Wildman–Crippen MR) is 74.0 cm³/mol. The highest BCUT2D eigenvalue weighted by Gasteiger charge is 2.31. The molecule has 0 amide bonds. The molecule has 0 aromatic carbocycles. The number of nitrogen functional groups attached to an aromatic ring is 1. The molecule has 2 rings (SSSR count). The quantitative estimate of drug-likeness (QED) is 0.583. The van der Waals surface area contributed by atoms with Crippen molar-refractivity contribution in [3.63, 3.8) is 0 Å². The second-order valence-corrected chi connectivity index (χ2v) is 5.25. The Balaban J connectivity index is 2.08. The molecule has 2 heterocycles. The first-order valence-corrected chi connectivity index (χ1v) is 6.49. The third-order valence-electron chi connectivity index (χ3n) is 3.73. The van der Waals surface area contributed by atoms with Crippen LogP contribution in [0.15, 0.2) is 12.1 Å². The fourth-order valence-electron chi connectivity index (χ4n) is 2.79. The normalized spacial score (nSPS) is 25.3. The van der Waals surface area contributed by atoms with Crippen LogP contribution in [0.1, 0.15) is 11.3 Å². The zero-order valence-corrected chi connectivity index (χ0v) is 10.9. The first kappa shape index (κ1) is 13.3. The maximum Gasteiger partial charge on any atom is 0.123 e. The molecule has 0 radical (unpaired) electrons. The van der Waals surface area contributed by atoms with Crippen LogP contribution < -0.4 is 22.5 Å². The summed E-state index contributed by atoms with van der Waals surface area (Å²) in [5.74, 6) is 1.52. The molecular formula is C13H23N5. The molecule has 100 valence electrons. The Morgan fingerprint density at radius 3 is 2.89 bits per heavy atom. The minimum Gasteiger partial charge on any atom is -0.384 e. The molecule has 1 fully saturated rings. The summed E-state index contributed by atoms with van der Waals surface area (Å²) in [5, 5.41) is 3.39. The Kier molecular flexibility index (Phi) is 4.16. The van der Waals surface area contributed by atoms with Crippen LogP contribution in [0.3, 0.4) is 0 Å². The van der Waals surface area contributed by atoms with Gasteiger partial charge in [-0.05, 0) is 56.0 Å². The SMILES string of the molecule is Cc1cc(N)nc(C[C@@H]2CNC[C@H]2C(N)CN)c1. The molecule has 18 heavy (non-hydrogen) atoms. The van der Waals surface area contributed by atoms with E-state index in [2.05, 4.69) is 16.4 Å². The summed E-state index contributed by atoms with van der Waals surface area (Å²) in [7, 11) is 0. The van der Waals surface area contributed by atoms with Crippen molar-refractivity contribution in [2.45, 2.75) is 19.4 Å². The van der Waals surface area contributed by atoms with E-state index in [9.17, 15) is 0 Å². The lowest BCUT2D eigenvalue weighted by atomic mass is 9.86. The van der Waals surface area contributed by atoms with Gasteiger partial charge in [-0.25, -0.2) is 4.98 Å². The highest BCUT2D eigenvalue weighted by Crippen LogP contribution is 2.23. The Labute approximate surface area is 108 Å². The van der Waals surface area contributed by atoms with E-state index in [1.807, 2.05) is 13.0 Å². The minimum absolute atomic E-state index is 0.0622. The number of rotatable bonds is 4. The number of aryl methyl sites for hydroxylation is 1. The molecule has 1 aliphatic heterocycles. The van der Waals surface area contributed by atoms with E-state index in [4.69, 9.17) is 17.2 Å². The second kappa shape index (κ2) is 5.65. The van der Waals surface area contributed by atoms with Gasteiger partial charge in [-0.3, -0.25) is 0 Å². The van der Waals surface area contributed by atoms with Crippen molar-refractivity contribution in [2.75, 3.05) is 25.4 Å². The number of aromatic nitrogens is 1. The van der Waals surface area contributed by atoms with Crippen LogP contribution in [0.5, 0.6) is 0 Å². The summed E-state index contributed by atoms with van der Waals surface area (Å²) in [4.78, 5) is 4.40. The van der Waals surface area contributed by atoms with E-state index in [0.717, 1.165) is 30.8 Å². The molecule has 1 saturated heterocycles. The van der Waals surface area contributed by atoms with Gasteiger partial charge in [-0.1, -0.05) is 0 Å². The zero-order chi connectivity index (χ0) is 13.1. The summed E-state index contributed by atoms with van der Waals surface area (Å²) < 4.78 is 0. The fourth-order valence-corrected chi connectivity index (χ4v) is 2.79. The third-order valence-corrected chi connectivity index (χ3v) is 3.73. The van der Waals surface area contributed by atoms with Gasteiger partial charge in [0.2, 0.25) is 0 Å². The van der Waals surface area contributed by atoms with Crippen LogP contribution in [-0.4, -0.2) is 30.7 Å². The first-order valence-electron chi connectivity index (χ1n) is 6.49. The van der Waals surface area contributed by atoms with Crippen LogP contribution in [0.2, 0.25) is 0 Å². The van der Waals surface area contributed by atoms with Crippen LogP contribution in [0, 0.1) is 18.8 Å². The summed E-state index contributed by atoms with van der Waals surface area (Å²) >= 11 is 0. The van der Waals surface area contributed by atoms with Crippen molar-refractivity contribution in [1.29, 1.82) is 0 Å². The molecular weight excluding hydrogens is 226 g/mol. The largest absolute Gasteiger partial charge is 0.384 e. The average molecular weight is 249 g/mol. The second-order valence-electron chi connectivity index (χ2n) is 5.25. The van der Waals surface area contributed by atoms with E-state index < -0.39 is 0 Å². The Bertz CT molecular complexity index is 386. The van der Waals surface area contributed by atoms with Crippen LogP contribution in [0.4, 0.5) is 5.82 Å². The van der Waals surface area contributed by atoms with Gasteiger partial charge in [-0.15, -0.1) is 0 Å². The predicted octanol–water partition coefficient (Wildman–Crippen LogP) is -0.364. The van der Waals surface area contributed by atoms with Gasteiger partial charge in [-0.2, -0.15) is 0 Å². The Hall–Kier alpha value is -1.17. The number of hydrogen-bond donors (Lipinski definition) is 4. The summed E-state index contributed by atoms with van der Waals surface area (Å²) in [6.07, 6.45) is 0.914. The molecule has 0 saturated carbocycles. The lowest BCUT2D eigenvalue weighted by Crippen LogP contribution is -2.41. The Morgan fingerprint density at radius 1 is 1.44 bits per heavy atom. The van der Waals surface area contributed by atoms with Crippen molar-refractivity contribution < 1.29 is 0 Å². The summed E-state index contributed by atoms with van der Waals surface area (Å²) in [5.41, 5.74) is 19.7. The average Bonchev–Trinajstić information content (AvgIpc) is 2.74. The minimum atomic E-state index is 0.0622. The number of nitrogens with zero attached hydrogens (tertiary/aromatic N) is 1. The van der Waals surface area contributed by atoms with Gasteiger partial charge in [0.25, 0.3) is 0 Å². The molecule has 5 nitrogen and oxygen atoms in total. The standard InChI is InChI=1S/C13H23N5/c1-8-2-10(18-13(16)3-8)4-9-6-17-7-11(9)12(15)5-14/h2-3,9,11-12,17H,4-7,14-15H2,1H3,(H2,16,18)/t9-,11-,12?/m1/s1. The molecule has 5 heteroatoms. The number of nitrogens with one attached hydrogen (secondary N) is 1. The van der Waals surface area contributed by atoms with Gasteiger partial charge in [0, 0.05) is 18.3 Å². The Morgan fingerprint density at radius 2 is 2.22 bits per heavy atom. The van der Waals surface area contributed by atoms with Crippen LogP contribution in [-0.2, 0) is 6.42 Å². The van der Waals surface area contributed by atoms with Crippen molar-refractivity contribution >= 4 is 5.82 Å². The van der Waals surface area contributed by atoms with Crippen molar-refractivity contribution in [2.24, 2.45) is 23.3 Å². The van der Waals surface area contributed by atoms with Crippen molar-refractivity contribution in [1.82, 2.24) is 10.3 Å². The van der Waals surface area contributed by atoms with Gasteiger partial charge in [0.05, 0.1) is 0 Å². The van der Waals surface area contributed by atoms with Crippen LogP contribution >= 0.6 is 0 Å². The fraction of sp³-hybridized carbons (Fsp3) is 0.615. The monoisotopic (exact) mass is 249 g/mol. The lowest BCUT2D eigenvalue weighted by Gasteiger charge is -2.23. The number of pyridine rings is 1. The van der Waals surface area contributed by atoms with E-state index >= 15 is 0 Å². The first-order chi connectivity index (χ1) is 8.60. The molecule has 3 atom stereocenters. The van der Waals surface area contributed by atoms with Gasteiger partial charge < -0.3 is 22.5 Å². The number of nitrogens with two attached hydrogens (primary N) is 3. The molecule has 7 N–H and O–H groups in total.